The van der Waals surface area contributed by atoms with Crippen LogP contribution >= 0.6 is 0 Å². The Kier molecular flexibility index (Phi) is 5.61. The Hall–Kier alpha value is -1.30. The molecule has 10 nitrogen and oxygen atoms in total. The van der Waals surface area contributed by atoms with E-state index in [1.807, 2.05) is 0 Å². The SMILES string of the molecule is CC(=O)N[C@@H]1C([C@H](O)[C@H](O)CO)O[C@@](O)(C(=O)O)C[C@H]1O. The van der Waals surface area contributed by atoms with Crippen molar-refractivity contribution in [2.24, 2.45) is 0 Å². The van der Waals surface area contributed by atoms with Crippen LogP contribution in [0.2, 0.25) is 0 Å². The van der Waals surface area contributed by atoms with Gasteiger partial charge in [-0.1, -0.05) is 0 Å². The highest BCUT2D eigenvalue weighted by atomic mass is 16.7. The van der Waals surface area contributed by atoms with Crippen LogP contribution in [0.1, 0.15) is 13.3 Å². The molecule has 0 aromatic heterocycles. The van der Waals surface area contributed by atoms with Crippen LogP contribution in [0.15, 0.2) is 0 Å². The predicted octanol–water partition coefficient (Wildman–Crippen LogP) is -3.87. The van der Waals surface area contributed by atoms with Crippen LogP contribution in [0.25, 0.3) is 0 Å². The number of amides is 1. The zero-order valence-corrected chi connectivity index (χ0v) is 11.2. The number of carboxylic acid groups (broad SMARTS) is 1. The molecule has 1 saturated heterocycles. The van der Waals surface area contributed by atoms with E-state index in [-0.39, 0.29) is 0 Å². The quantitative estimate of drug-likeness (QED) is 0.268. The Morgan fingerprint density at radius 2 is 2.00 bits per heavy atom. The van der Waals surface area contributed by atoms with Gasteiger partial charge in [-0.25, -0.2) is 4.79 Å². The van der Waals surface area contributed by atoms with Crippen LogP contribution in [0.3, 0.4) is 0 Å². The summed E-state index contributed by atoms with van der Waals surface area (Å²) in [6.07, 6.45) is -7.48. The number of rotatable bonds is 5. The summed E-state index contributed by atoms with van der Waals surface area (Å²) in [6, 6.07) is -1.27. The molecule has 1 fully saturated rings. The van der Waals surface area contributed by atoms with Crippen molar-refractivity contribution in [2.75, 3.05) is 6.61 Å². The summed E-state index contributed by atoms with van der Waals surface area (Å²) < 4.78 is 4.86. The van der Waals surface area contributed by atoms with E-state index in [1.165, 1.54) is 0 Å². The van der Waals surface area contributed by atoms with Crippen LogP contribution in [-0.4, -0.2) is 85.4 Å². The third kappa shape index (κ3) is 3.87. The van der Waals surface area contributed by atoms with Crippen LogP contribution in [0.4, 0.5) is 0 Å². The molecule has 1 aliphatic rings. The minimum absolute atomic E-state index is 0.598. The van der Waals surface area contributed by atoms with E-state index in [0.717, 1.165) is 6.92 Å². The summed E-state index contributed by atoms with van der Waals surface area (Å²) >= 11 is 0. The fourth-order valence-electron chi connectivity index (χ4n) is 2.14. The van der Waals surface area contributed by atoms with Gasteiger partial charge in [0.15, 0.2) is 0 Å². The third-order valence-electron chi connectivity index (χ3n) is 3.21. The zero-order chi connectivity index (χ0) is 16.4. The Labute approximate surface area is 119 Å². The zero-order valence-electron chi connectivity index (χ0n) is 11.2. The average Bonchev–Trinajstić information content (AvgIpc) is 2.39. The van der Waals surface area contributed by atoms with Crippen molar-refractivity contribution in [3.63, 3.8) is 0 Å². The highest BCUT2D eigenvalue weighted by Gasteiger charge is 2.53. The van der Waals surface area contributed by atoms with Gasteiger partial charge in [0.05, 0.1) is 18.8 Å². The molecule has 122 valence electrons. The second-order valence-electron chi connectivity index (χ2n) is 4.91. The summed E-state index contributed by atoms with van der Waals surface area (Å²) in [5.41, 5.74) is 0. The number of carboxylic acids is 1. The van der Waals surface area contributed by atoms with Gasteiger partial charge < -0.3 is 40.7 Å². The highest BCUT2D eigenvalue weighted by Crippen LogP contribution is 2.30. The second kappa shape index (κ2) is 6.64. The maximum atomic E-state index is 11.1. The molecule has 0 aromatic rings. The molecule has 6 atom stereocenters. The average molecular weight is 309 g/mol. The van der Waals surface area contributed by atoms with Crippen LogP contribution < -0.4 is 5.32 Å². The van der Waals surface area contributed by atoms with Crippen molar-refractivity contribution in [1.29, 1.82) is 0 Å². The first-order valence-corrected chi connectivity index (χ1v) is 6.18. The number of ether oxygens (including phenoxy) is 1. The van der Waals surface area contributed by atoms with Gasteiger partial charge in [0.25, 0.3) is 5.79 Å². The summed E-state index contributed by atoms with van der Waals surface area (Å²) in [5, 5.41) is 59.0. The number of aliphatic hydroxyl groups excluding tert-OH is 4. The topological polar surface area (TPSA) is 177 Å². The van der Waals surface area contributed by atoms with Gasteiger partial charge in [0.1, 0.15) is 18.3 Å². The van der Waals surface area contributed by atoms with Crippen LogP contribution in [0, 0.1) is 0 Å². The van der Waals surface area contributed by atoms with E-state index < -0.39 is 61.1 Å². The predicted molar refractivity (Wildman–Crippen MR) is 64.8 cm³/mol. The molecule has 0 aromatic carbocycles. The Morgan fingerprint density at radius 1 is 1.43 bits per heavy atom. The summed E-state index contributed by atoms with van der Waals surface area (Å²) in [7, 11) is 0. The molecule has 1 heterocycles. The van der Waals surface area contributed by atoms with E-state index >= 15 is 0 Å². The first-order chi connectivity index (χ1) is 9.62. The maximum absolute atomic E-state index is 11.1. The van der Waals surface area contributed by atoms with Gasteiger partial charge in [-0.05, 0) is 0 Å². The minimum Gasteiger partial charge on any atom is -0.477 e. The van der Waals surface area contributed by atoms with Crippen molar-refractivity contribution in [2.45, 2.75) is 49.6 Å². The molecule has 1 amide bonds. The largest absolute Gasteiger partial charge is 0.477 e. The van der Waals surface area contributed by atoms with Gasteiger partial charge in [-0.15, -0.1) is 0 Å². The molecule has 1 rings (SSSR count). The molecule has 0 aliphatic carbocycles. The van der Waals surface area contributed by atoms with Crippen LogP contribution in [0.5, 0.6) is 0 Å². The van der Waals surface area contributed by atoms with Gasteiger partial charge in [-0.2, -0.15) is 0 Å². The molecule has 1 unspecified atom stereocenters. The van der Waals surface area contributed by atoms with Gasteiger partial charge >= 0.3 is 5.97 Å². The van der Waals surface area contributed by atoms with Crippen molar-refractivity contribution in [3.05, 3.63) is 0 Å². The molecular weight excluding hydrogens is 290 g/mol. The van der Waals surface area contributed by atoms with E-state index in [4.69, 9.17) is 14.9 Å². The molecule has 0 saturated carbocycles. The lowest BCUT2D eigenvalue weighted by Gasteiger charge is -2.44. The lowest BCUT2D eigenvalue weighted by Crippen LogP contribution is -2.67. The molecular formula is C11H19NO9. The number of hydrogen-bond donors (Lipinski definition) is 7. The fraction of sp³-hybridized carbons (Fsp3) is 0.818. The number of carbonyl (C=O) groups excluding carboxylic acids is 1. The molecule has 7 N–H and O–H groups in total. The summed E-state index contributed by atoms with van der Waals surface area (Å²) in [6.45, 7) is 0.256. The van der Waals surface area contributed by atoms with E-state index in [2.05, 4.69) is 5.32 Å². The molecule has 0 bridgehead atoms. The molecule has 21 heavy (non-hydrogen) atoms. The normalized spacial score (nSPS) is 35.8. The first-order valence-electron chi connectivity index (χ1n) is 6.18. The maximum Gasteiger partial charge on any atom is 0.364 e. The Balaban J connectivity index is 3.07. The first kappa shape index (κ1) is 17.8. The molecule has 0 spiro atoms. The van der Waals surface area contributed by atoms with Crippen LogP contribution in [-0.2, 0) is 14.3 Å². The monoisotopic (exact) mass is 309 g/mol. The van der Waals surface area contributed by atoms with E-state index in [9.17, 15) is 30.0 Å². The lowest BCUT2D eigenvalue weighted by molar-refractivity contribution is -0.295. The number of aliphatic carboxylic acids is 1. The Bertz CT molecular complexity index is 403. The number of nitrogens with one attached hydrogen (secondary N) is 1. The molecule has 10 heteroatoms. The van der Waals surface area contributed by atoms with Crippen molar-refractivity contribution in [1.82, 2.24) is 5.32 Å². The number of aliphatic hydroxyl groups is 5. The molecule has 1 aliphatic heterocycles. The summed E-state index contributed by atoms with van der Waals surface area (Å²) in [4.78, 5) is 22.1. The summed E-state index contributed by atoms with van der Waals surface area (Å²) in [5.74, 6) is -5.17. The van der Waals surface area contributed by atoms with Crippen molar-refractivity contribution < 1.29 is 45.0 Å². The highest BCUT2D eigenvalue weighted by molar-refractivity contribution is 5.76. The fourth-order valence-corrected chi connectivity index (χ4v) is 2.14. The number of carbonyl (C=O) groups is 2. The van der Waals surface area contributed by atoms with E-state index in [1.54, 1.807) is 0 Å². The third-order valence-corrected chi connectivity index (χ3v) is 3.21. The Morgan fingerprint density at radius 3 is 2.43 bits per heavy atom. The second-order valence-corrected chi connectivity index (χ2v) is 4.91. The lowest BCUT2D eigenvalue weighted by atomic mass is 9.88. The van der Waals surface area contributed by atoms with Crippen molar-refractivity contribution in [3.8, 4) is 0 Å². The molecule has 0 radical (unpaired) electrons. The van der Waals surface area contributed by atoms with Crippen molar-refractivity contribution >= 4 is 11.9 Å². The number of hydrogen-bond acceptors (Lipinski definition) is 8. The minimum atomic E-state index is -2.78. The van der Waals surface area contributed by atoms with Gasteiger partial charge in [0, 0.05) is 13.3 Å². The standard InChI is InChI=1S/C11H19NO9/c1-4(14)12-7-5(15)2-11(20,10(18)19)21-9(7)8(17)6(16)3-13/h5-9,13,15-17,20H,2-3H2,1H3,(H,12,14)(H,18,19)/t5-,6-,7+,8-,9?,11-/m1/s1. The van der Waals surface area contributed by atoms with Gasteiger partial charge in [-0.3, -0.25) is 4.79 Å². The smallest absolute Gasteiger partial charge is 0.364 e. The van der Waals surface area contributed by atoms with Gasteiger partial charge in [0.2, 0.25) is 5.91 Å². The van der Waals surface area contributed by atoms with E-state index in [0.29, 0.717) is 0 Å².